The van der Waals surface area contributed by atoms with Crippen LogP contribution >= 0.6 is 11.6 Å². The van der Waals surface area contributed by atoms with Crippen molar-refractivity contribution in [1.82, 2.24) is 9.88 Å². The molecule has 0 saturated carbocycles. The first kappa shape index (κ1) is 37.7. The number of carbonyl (C=O) groups excluding carboxylic acids is 2. The molecule has 5 rings (SSSR count). The Balaban J connectivity index is 1.27. The van der Waals surface area contributed by atoms with Crippen LogP contribution in [0, 0.1) is 0 Å². The number of aromatic nitrogens is 1. The second-order valence-corrected chi connectivity index (χ2v) is 13.8. The van der Waals surface area contributed by atoms with Crippen LogP contribution in [-0.4, -0.2) is 47.3 Å². The maximum atomic E-state index is 13.7. The molecule has 270 valence electrons. The fourth-order valence-corrected chi connectivity index (χ4v) is 6.39. The van der Waals surface area contributed by atoms with Gasteiger partial charge in [-0.15, -0.1) is 0 Å². The predicted molar refractivity (Wildman–Crippen MR) is 190 cm³/mol. The molecular weight excluding hydrogens is 681 g/mol. The maximum Gasteiger partial charge on any atom is 0.416 e. The van der Waals surface area contributed by atoms with E-state index in [4.69, 9.17) is 25.8 Å². The Morgan fingerprint density at radius 1 is 0.922 bits per heavy atom. The number of hydrogen-bond donors (Lipinski definition) is 0. The van der Waals surface area contributed by atoms with Crippen molar-refractivity contribution in [1.29, 1.82) is 0 Å². The van der Waals surface area contributed by atoms with Gasteiger partial charge in [0.15, 0.2) is 0 Å². The Labute approximate surface area is 301 Å². The molecule has 0 fully saturated rings. The molecule has 1 unspecified atom stereocenters. The van der Waals surface area contributed by atoms with Crippen molar-refractivity contribution in [2.75, 3.05) is 19.8 Å². The fourth-order valence-electron chi connectivity index (χ4n) is 6.12. The number of amides is 1. The highest BCUT2D eigenvalue weighted by Gasteiger charge is 2.34. The number of para-hydroxylation sites is 1. The van der Waals surface area contributed by atoms with Crippen molar-refractivity contribution in [2.24, 2.45) is 0 Å². The molecule has 0 saturated heterocycles. The second-order valence-electron chi connectivity index (χ2n) is 13.4. The Morgan fingerprint density at radius 2 is 1.65 bits per heavy atom. The van der Waals surface area contributed by atoms with Gasteiger partial charge in [0, 0.05) is 23.7 Å². The summed E-state index contributed by atoms with van der Waals surface area (Å²) in [7, 11) is 0. The summed E-state index contributed by atoms with van der Waals surface area (Å²) in [6.45, 7) is 8.20. The van der Waals surface area contributed by atoms with Gasteiger partial charge < -0.3 is 19.1 Å². The largest absolute Gasteiger partial charge is 0.493 e. The lowest BCUT2D eigenvalue weighted by Gasteiger charge is -2.36. The minimum Gasteiger partial charge on any atom is -0.493 e. The first-order valence-corrected chi connectivity index (χ1v) is 17.4. The van der Waals surface area contributed by atoms with Crippen LogP contribution in [0.25, 0.3) is 11.1 Å². The average molecular weight is 723 g/mol. The number of pyridine rings is 1. The van der Waals surface area contributed by atoms with Crippen LogP contribution < -0.4 is 4.74 Å². The van der Waals surface area contributed by atoms with Crippen LogP contribution in [0.3, 0.4) is 0 Å². The summed E-state index contributed by atoms with van der Waals surface area (Å²) >= 11 is 6.59. The van der Waals surface area contributed by atoms with Gasteiger partial charge in [-0.1, -0.05) is 60.1 Å². The molecule has 1 aliphatic carbocycles. The SMILES string of the molecule is CCOC(=O)c1ccc2c(n1)CCCC2N(CCc1ccccc1OCCc1ccc(-c2ccc(C(F)(F)F)cc2)cc1Cl)C(=O)OC(C)(C)C. The van der Waals surface area contributed by atoms with Crippen LogP contribution in [0.5, 0.6) is 5.75 Å². The van der Waals surface area contributed by atoms with Gasteiger partial charge in [-0.2, -0.15) is 13.2 Å². The molecule has 0 spiro atoms. The smallest absolute Gasteiger partial charge is 0.416 e. The second kappa shape index (κ2) is 16.2. The fraction of sp³-hybridized carbons (Fsp3) is 0.375. The summed E-state index contributed by atoms with van der Waals surface area (Å²) in [6.07, 6.45) is -1.61. The molecule has 1 atom stereocenters. The molecular formula is C40H42ClF3N2O5. The third-order valence-corrected chi connectivity index (χ3v) is 8.92. The summed E-state index contributed by atoms with van der Waals surface area (Å²) in [4.78, 5) is 32.4. The average Bonchev–Trinajstić information content (AvgIpc) is 3.08. The van der Waals surface area contributed by atoms with Gasteiger partial charge in [0.25, 0.3) is 0 Å². The zero-order valence-electron chi connectivity index (χ0n) is 29.2. The number of ether oxygens (including phenoxy) is 3. The van der Waals surface area contributed by atoms with Crippen LogP contribution in [0.4, 0.5) is 18.0 Å². The van der Waals surface area contributed by atoms with Crippen LogP contribution in [0.2, 0.25) is 5.02 Å². The predicted octanol–water partition coefficient (Wildman–Crippen LogP) is 10.1. The van der Waals surface area contributed by atoms with Gasteiger partial charge in [-0.05, 0) is 112 Å². The highest BCUT2D eigenvalue weighted by molar-refractivity contribution is 6.31. The molecule has 0 radical (unpaired) electrons. The number of hydrogen-bond acceptors (Lipinski definition) is 6. The van der Waals surface area contributed by atoms with E-state index in [0.29, 0.717) is 54.3 Å². The third-order valence-electron chi connectivity index (χ3n) is 8.57. The van der Waals surface area contributed by atoms with Crippen molar-refractivity contribution in [2.45, 2.75) is 77.6 Å². The first-order chi connectivity index (χ1) is 24.2. The van der Waals surface area contributed by atoms with Crippen molar-refractivity contribution in [3.8, 4) is 16.9 Å². The minimum absolute atomic E-state index is 0.252. The maximum absolute atomic E-state index is 13.7. The number of rotatable bonds is 11. The summed E-state index contributed by atoms with van der Waals surface area (Å²) in [5.41, 5.74) is 3.64. The topological polar surface area (TPSA) is 78.0 Å². The minimum atomic E-state index is -4.39. The van der Waals surface area contributed by atoms with Crippen molar-refractivity contribution < 1.29 is 37.0 Å². The normalized spacial score (nSPS) is 14.4. The van der Waals surface area contributed by atoms with E-state index in [9.17, 15) is 22.8 Å². The number of esters is 1. The van der Waals surface area contributed by atoms with Gasteiger partial charge in [-0.25, -0.2) is 14.6 Å². The summed E-state index contributed by atoms with van der Waals surface area (Å²) in [5, 5.41) is 0.494. The van der Waals surface area contributed by atoms with Crippen LogP contribution in [0.1, 0.15) is 85.0 Å². The number of aryl methyl sites for hydroxylation is 1. The summed E-state index contributed by atoms with van der Waals surface area (Å²) in [6, 6.07) is 21.3. The molecule has 1 aliphatic rings. The molecule has 4 aromatic rings. The Hall–Kier alpha value is -4.57. The molecule has 0 aliphatic heterocycles. The van der Waals surface area contributed by atoms with Gasteiger partial charge >= 0.3 is 18.2 Å². The highest BCUT2D eigenvalue weighted by Crippen LogP contribution is 2.36. The zero-order valence-corrected chi connectivity index (χ0v) is 29.9. The van der Waals surface area contributed by atoms with Crippen molar-refractivity contribution in [3.05, 3.63) is 118 Å². The summed E-state index contributed by atoms with van der Waals surface area (Å²) < 4.78 is 56.2. The number of halogens is 4. The Morgan fingerprint density at radius 3 is 2.33 bits per heavy atom. The van der Waals surface area contributed by atoms with E-state index in [-0.39, 0.29) is 18.3 Å². The molecule has 0 N–H and O–H groups in total. The van der Waals surface area contributed by atoms with Crippen LogP contribution in [0.15, 0.2) is 78.9 Å². The third kappa shape index (κ3) is 9.82. The van der Waals surface area contributed by atoms with E-state index in [1.807, 2.05) is 63.2 Å². The molecule has 51 heavy (non-hydrogen) atoms. The van der Waals surface area contributed by atoms with Gasteiger partial charge in [0.2, 0.25) is 0 Å². The van der Waals surface area contributed by atoms with E-state index in [1.54, 1.807) is 24.0 Å². The standard InChI is InChI=1S/C40H42ClF3N2O5/c1-5-49-37(47)34-20-19-31-33(45-34)10-8-11-35(31)46(38(48)51-39(2,3)4)23-21-28-9-6-7-12-36(28)50-24-22-27-13-14-29(25-32(27)41)26-15-17-30(18-16-26)40(42,43)44/h6-7,9,12-20,25,35H,5,8,10-11,21-24H2,1-4H3. The van der Waals surface area contributed by atoms with Gasteiger partial charge in [0.1, 0.15) is 17.0 Å². The lowest BCUT2D eigenvalue weighted by molar-refractivity contribution is -0.137. The molecule has 11 heteroatoms. The van der Waals surface area contributed by atoms with E-state index in [0.717, 1.165) is 47.4 Å². The van der Waals surface area contributed by atoms with Crippen molar-refractivity contribution >= 4 is 23.7 Å². The monoisotopic (exact) mass is 722 g/mol. The highest BCUT2D eigenvalue weighted by atomic mass is 35.5. The number of fused-ring (bicyclic) bond motifs is 1. The van der Waals surface area contributed by atoms with Gasteiger partial charge in [-0.3, -0.25) is 0 Å². The molecule has 0 bridgehead atoms. The molecule has 1 amide bonds. The zero-order chi connectivity index (χ0) is 36.8. The molecule has 7 nitrogen and oxygen atoms in total. The quantitative estimate of drug-likeness (QED) is 0.144. The van der Waals surface area contributed by atoms with Gasteiger partial charge in [0.05, 0.1) is 24.8 Å². The van der Waals surface area contributed by atoms with E-state index in [2.05, 4.69) is 4.98 Å². The van der Waals surface area contributed by atoms with E-state index < -0.39 is 29.4 Å². The number of carbonyl (C=O) groups is 2. The van der Waals surface area contributed by atoms with Crippen molar-refractivity contribution in [3.63, 3.8) is 0 Å². The Bertz CT molecular complexity index is 1840. The molecule has 3 aromatic carbocycles. The number of benzene rings is 3. The number of nitrogens with zero attached hydrogens (tertiary/aromatic N) is 2. The molecule has 1 heterocycles. The first-order valence-electron chi connectivity index (χ1n) is 17.1. The van der Waals surface area contributed by atoms with E-state index >= 15 is 0 Å². The van der Waals surface area contributed by atoms with Crippen LogP contribution in [-0.2, 0) is 34.9 Å². The Kier molecular flexibility index (Phi) is 12.0. The molecule has 1 aromatic heterocycles. The lowest BCUT2D eigenvalue weighted by atomic mass is 9.89. The lowest BCUT2D eigenvalue weighted by Crippen LogP contribution is -2.41. The summed E-state index contributed by atoms with van der Waals surface area (Å²) in [5.74, 6) is 0.212. The van der Waals surface area contributed by atoms with E-state index in [1.165, 1.54) is 12.1 Å². The number of alkyl halides is 3.